The van der Waals surface area contributed by atoms with Gasteiger partial charge in [-0.15, -0.1) is 11.3 Å². The van der Waals surface area contributed by atoms with Crippen LogP contribution in [0.25, 0.3) is 0 Å². The highest BCUT2D eigenvalue weighted by atomic mass is 32.1. The largest absolute Gasteiger partial charge is 0.308 e. The van der Waals surface area contributed by atoms with Crippen molar-refractivity contribution >= 4 is 11.3 Å². The molecular formula is C16H26N2S. The standard InChI is InChI=1S/C16H26N2S/c1-3-17-15(12-7-4-6-11(2)10-12)16-18-13-8-5-9-14(13)19-16/h11-12,15,17H,3-10H2,1-2H3. The Balaban J connectivity index is 1.79. The van der Waals surface area contributed by atoms with Gasteiger partial charge in [0.15, 0.2) is 0 Å². The third-order valence-corrected chi connectivity index (χ3v) is 5.99. The summed E-state index contributed by atoms with van der Waals surface area (Å²) in [5, 5.41) is 5.11. The lowest BCUT2D eigenvalue weighted by molar-refractivity contribution is 0.225. The van der Waals surface area contributed by atoms with Crippen LogP contribution >= 0.6 is 11.3 Å². The minimum absolute atomic E-state index is 0.517. The number of nitrogens with zero attached hydrogens (tertiary/aromatic N) is 1. The molecule has 3 atom stereocenters. The number of nitrogens with one attached hydrogen (secondary N) is 1. The van der Waals surface area contributed by atoms with Crippen LogP contribution in [0.4, 0.5) is 0 Å². The number of hydrogen-bond acceptors (Lipinski definition) is 3. The van der Waals surface area contributed by atoms with Crippen molar-refractivity contribution < 1.29 is 0 Å². The highest BCUT2D eigenvalue weighted by molar-refractivity contribution is 7.11. The Morgan fingerprint density at radius 2 is 2.21 bits per heavy atom. The highest BCUT2D eigenvalue weighted by Crippen LogP contribution is 2.40. The second kappa shape index (κ2) is 5.92. The van der Waals surface area contributed by atoms with Crippen LogP contribution < -0.4 is 5.32 Å². The maximum Gasteiger partial charge on any atom is 0.110 e. The van der Waals surface area contributed by atoms with Gasteiger partial charge in [-0.2, -0.15) is 0 Å². The van der Waals surface area contributed by atoms with E-state index in [9.17, 15) is 0 Å². The molecule has 0 spiro atoms. The fraction of sp³-hybridized carbons (Fsp3) is 0.812. The van der Waals surface area contributed by atoms with Gasteiger partial charge in [0.05, 0.1) is 11.7 Å². The van der Waals surface area contributed by atoms with E-state index < -0.39 is 0 Å². The minimum Gasteiger partial charge on any atom is -0.308 e. The molecular weight excluding hydrogens is 252 g/mol. The molecule has 1 N–H and O–H groups in total. The summed E-state index contributed by atoms with van der Waals surface area (Å²) in [6.07, 6.45) is 9.39. The maximum atomic E-state index is 4.97. The van der Waals surface area contributed by atoms with Crippen LogP contribution in [0.2, 0.25) is 0 Å². The van der Waals surface area contributed by atoms with Crippen LogP contribution in [0, 0.1) is 11.8 Å². The van der Waals surface area contributed by atoms with Gasteiger partial charge in [-0.3, -0.25) is 0 Å². The second-order valence-electron chi connectivity index (χ2n) is 6.34. The van der Waals surface area contributed by atoms with Gasteiger partial charge in [0.2, 0.25) is 0 Å². The minimum atomic E-state index is 0.517. The predicted molar refractivity (Wildman–Crippen MR) is 81.7 cm³/mol. The Kier molecular flexibility index (Phi) is 4.23. The normalized spacial score (nSPS) is 28.3. The van der Waals surface area contributed by atoms with Gasteiger partial charge in [-0.1, -0.05) is 26.7 Å². The van der Waals surface area contributed by atoms with Gasteiger partial charge in [-0.25, -0.2) is 4.98 Å². The van der Waals surface area contributed by atoms with Crippen molar-refractivity contribution in [1.82, 2.24) is 10.3 Å². The van der Waals surface area contributed by atoms with E-state index in [1.807, 2.05) is 11.3 Å². The SMILES string of the molecule is CCNC(c1nc2c(s1)CCC2)C1CCCC(C)C1. The molecule has 3 unspecified atom stereocenters. The second-order valence-corrected chi connectivity index (χ2v) is 7.46. The molecule has 1 fully saturated rings. The Morgan fingerprint density at radius 1 is 1.32 bits per heavy atom. The smallest absolute Gasteiger partial charge is 0.110 e. The Hall–Kier alpha value is -0.410. The zero-order valence-corrected chi connectivity index (χ0v) is 13.1. The lowest BCUT2D eigenvalue weighted by Crippen LogP contribution is -2.31. The van der Waals surface area contributed by atoms with Crippen LogP contribution in [0.15, 0.2) is 0 Å². The van der Waals surface area contributed by atoms with Crippen LogP contribution in [-0.4, -0.2) is 11.5 Å². The van der Waals surface area contributed by atoms with Crippen LogP contribution in [0.3, 0.4) is 0 Å². The van der Waals surface area contributed by atoms with E-state index in [1.54, 1.807) is 4.88 Å². The molecule has 3 rings (SSSR count). The van der Waals surface area contributed by atoms with Gasteiger partial charge in [0.1, 0.15) is 5.01 Å². The predicted octanol–water partition coefficient (Wildman–Crippen LogP) is 4.11. The number of aromatic nitrogens is 1. The first-order chi connectivity index (χ1) is 9.28. The van der Waals surface area contributed by atoms with Crippen molar-refractivity contribution in [2.24, 2.45) is 11.8 Å². The van der Waals surface area contributed by atoms with E-state index in [4.69, 9.17) is 4.98 Å². The summed E-state index contributed by atoms with van der Waals surface area (Å²) in [4.78, 5) is 6.54. The number of thiazole rings is 1. The van der Waals surface area contributed by atoms with Crippen LogP contribution in [0.5, 0.6) is 0 Å². The maximum absolute atomic E-state index is 4.97. The van der Waals surface area contributed by atoms with Gasteiger partial charge in [0.25, 0.3) is 0 Å². The third-order valence-electron chi connectivity index (χ3n) is 4.75. The molecule has 2 aliphatic carbocycles. The number of rotatable bonds is 4. The summed E-state index contributed by atoms with van der Waals surface area (Å²) in [5.74, 6) is 1.70. The lowest BCUT2D eigenvalue weighted by atomic mass is 9.78. The summed E-state index contributed by atoms with van der Waals surface area (Å²) in [7, 11) is 0. The molecule has 1 saturated carbocycles. The first kappa shape index (κ1) is 13.6. The van der Waals surface area contributed by atoms with Crippen LogP contribution in [0.1, 0.15) is 67.6 Å². The molecule has 3 heteroatoms. The topological polar surface area (TPSA) is 24.9 Å². The van der Waals surface area contributed by atoms with Crippen molar-refractivity contribution in [3.8, 4) is 0 Å². The molecule has 0 amide bonds. The molecule has 0 bridgehead atoms. The van der Waals surface area contributed by atoms with E-state index >= 15 is 0 Å². The van der Waals surface area contributed by atoms with Crippen molar-refractivity contribution in [1.29, 1.82) is 0 Å². The summed E-state index contributed by atoms with van der Waals surface area (Å²) in [6.45, 7) is 5.69. The summed E-state index contributed by atoms with van der Waals surface area (Å²) >= 11 is 1.99. The zero-order chi connectivity index (χ0) is 13.2. The average Bonchev–Trinajstić information content (AvgIpc) is 2.96. The summed E-state index contributed by atoms with van der Waals surface area (Å²) < 4.78 is 0. The number of fused-ring (bicyclic) bond motifs is 1. The van der Waals surface area contributed by atoms with E-state index in [-0.39, 0.29) is 0 Å². The average molecular weight is 278 g/mol. The first-order valence-corrected chi connectivity index (χ1v) is 8.81. The fourth-order valence-electron chi connectivity index (χ4n) is 3.80. The molecule has 0 aromatic carbocycles. The van der Waals surface area contributed by atoms with Crippen LogP contribution in [-0.2, 0) is 12.8 Å². The fourth-order valence-corrected chi connectivity index (χ4v) is 5.13. The van der Waals surface area contributed by atoms with Gasteiger partial charge in [-0.05, 0) is 50.5 Å². The molecule has 2 aliphatic rings. The third kappa shape index (κ3) is 2.87. The molecule has 1 heterocycles. The van der Waals surface area contributed by atoms with Gasteiger partial charge >= 0.3 is 0 Å². The monoisotopic (exact) mass is 278 g/mol. The Labute approximate surface area is 121 Å². The van der Waals surface area contributed by atoms with Gasteiger partial charge < -0.3 is 5.32 Å². The van der Waals surface area contributed by atoms with E-state index in [0.717, 1.165) is 18.4 Å². The zero-order valence-electron chi connectivity index (χ0n) is 12.2. The molecule has 0 radical (unpaired) electrons. The molecule has 0 aliphatic heterocycles. The van der Waals surface area contributed by atoms with Crippen molar-refractivity contribution in [2.75, 3.05) is 6.54 Å². The van der Waals surface area contributed by atoms with E-state index in [1.165, 1.54) is 55.6 Å². The lowest BCUT2D eigenvalue weighted by Gasteiger charge is -2.32. The molecule has 0 saturated heterocycles. The molecule has 1 aromatic rings. The Bertz CT molecular complexity index is 405. The quantitative estimate of drug-likeness (QED) is 0.896. The van der Waals surface area contributed by atoms with E-state index in [2.05, 4.69) is 19.2 Å². The number of hydrogen-bond donors (Lipinski definition) is 1. The highest BCUT2D eigenvalue weighted by Gasteiger charge is 2.30. The van der Waals surface area contributed by atoms with Crippen molar-refractivity contribution in [3.63, 3.8) is 0 Å². The Morgan fingerprint density at radius 3 is 2.95 bits per heavy atom. The molecule has 2 nitrogen and oxygen atoms in total. The summed E-state index contributed by atoms with van der Waals surface area (Å²) in [5.41, 5.74) is 1.41. The summed E-state index contributed by atoms with van der Waals surface area (Å²) in [6, 6.07) is 0.517. The van der Waals surface area contributed by atoms with Gasteiger partial charge in [0, 0.05) is 4.88 Å². The van der Waals surface area contributed by atoms with Crippen molar-refractivity contribution in [2.45, 2.75) is 64.8 Å². The van der Waals surface area contributed by atoms with E-state index in [0.29, 0.717) is 6.04 Å². The van der Waals surface area contributed by atoms with Crippen molar-refractivity contribution in [3.05, 3.63) is 15.6 Å². The molecule has 1 aromatic heterocycles. The molecule has 106 valence electrons. The molecule has 19 heavy (non-hydrogen) atoms. The number of aryl methyl sites for hydroxylation is 2. The first-order valence-electron chi connectivity index (χ1n) is 7.99.